The molecule has 0 saturated heterocycles. The first-order valence-electron chi connectivity index (χ1n) is 7.84. The maximum Gasteiger partial charge on any atom is 0.145 e. The molecule has 4 aromatic rings. The van der Waals surface area contributed by atoms with Crippen LogP contribution in [0.1, 0.15) is 19.4 Å². The van der Waals surface area contributed by atoms with Crippen LogP contribution in [-0.2, 0) is 5.60 Å². The van der Waals surface area contributed by atoms with Crippen molar-refractivity contribution in [2.24, 2.45) is 0 Å². The molecule has 4 rings (SSSR count). The van der Waals surface area contributed by atoms with Crippen molar-refractivity contribution >= 4 is 37.9 Å². The van der Waals surface area contributed by atoms with Gasteiger partial charge in [0.1, 0.15) is 5.65 Å². The molecule has 2 heterocycles. The van der Waals surface area contributed by atoms with Crippen molar-refractivity contribution in [1.82, 2.24) is 9.55 Å². The minimum Gasteiger partial charge on any atom is -0.386 e. The Bertz CT molecular complexity index is 1060. The van der Waals surface area contributed by atoms with Gasteiger partial charge in [0.05, 0.1) is 16.8 Å². The molecule has 0 saturated carbocycles. The molecule has 0 aliphatic rings. The first kappa shape index (κ1) is 15.4. The Morgan fingerprint density at radius 3 is 2.58 bits per heavy atom. The number of hydrogen-bond acceptors (Lipinski definition) is 2. The van der Waals surface area contributed by atoms with Gasteiger partial charge in [-0.2, -0.15) is 0 Å². The fourth-order valence-electron chi connectivity index (χ4n) is 3.25. The van der Waals surface area contributed by atoms with Crippen LogP contribution < -0.4 is 0 Å². The van der Waals surface area contributed by atoms with Crippen molar-refractivity contribution in [3.63, 3.8) is 0 Å². The third-order valence-electron chi connectivity index (χ3n) is 4.29. The summed E-state index contributed by atoms with van der Waals surface area (Å²) in [4.78, 5) is 4.61. The van der Waals surface area contributed by atoms with Crippen LogP contribution in [0, 0.1) is 0 Å². The lowest BCUT2D eigenvalue weighted by Crippen LogP contribution is -2.18. The molecule has 1 N–H and O–H groups in total. The molecule has 0 bridgehead atoms. The van der Waals surface area contributed by atoms with E-state index in [0.717, 1.165) is 37.7 Å². The molecule has 120 valence electrons. The van der Waals surface area contributed by atoms with Crippen LogP contribution in [0.5, 0.6) is 0 Å². The number of aromatic nitrogens is 2. The summed E-state index contributed by atoms with van der Waals surface area (Å²) in [5, 5.41) is 12.8. The van der Waals surface area contributed by atoms with Gasteiger partial charge >= 0.3 is 0 Å². The highest BCUT2D eigenvalue weighted by atomic mass is 79.9. The van der Waals surface area contributed by atoms with E-state index in [4.69, 9.17) is 0 Å². The Labute approximate surface area is 148 Å². The van der Waals surface area contributed by atoms with Crippen LogP contribution in [0.3, 0.4) is 0 Å². The zero-order valence-corrected chi connectivity index (χ0v) is 15.1. The number of benzene rings is 2. The number of pyridine rings is 1. The predicted octanol–water partition coefficient (Wildman–Crippen LogP) is 5.17. The van der Waals surface area contributed by atoms with Crippen LogP contribution in [0.15, 0.2) is 65.3 Å². The zero-order valence-electron chi connectivity index (χ0n) is 13.5. The Balaban J connectivity index is 2.18. The Morgan fingerprint density at radius 1 is 1.00 bits per heavy atom. The van der Waals surface area contributed by atoms with E-state index in [2.05, 4.69) is 43.7 Å². The highest BCUT2D eigenvalue weighted by molar-refractivity contribution is 9.10. The molecule has 3 nitrogen and oxygen atoms in total. The van der Waals surface area contributed by atoms with Gasteiger partial charge in [0.15, 0.2) is 0 Å². The van der Waals surface area contributed by atoms with Gasteiger partial charge in [-0.15, -0.1) is 0 Å². The number of nitrogens with zero attached hydrogens (tertiary/aromatic N) is 2. The molecule has 24 heavy (non-hydrogen) atoms. The van der Waals surface area contributed by atoms with Crippen LogP contribution in [0.4, 0.5) is 0 Å². The van der Waals surface area contributed by atoms with Crippen LogP contribution in [0.2, 0.25) is 0 Å². The summed E-state index contributed by atoms with van der Waals surface area (Å²) in [6.45, 7) is 3.62. The summed E-state index contributed by atoms with van der Waals surface area (Å²) in [5.41, 5.74) is 2.85. The minimum absolute atomic E-state index is 0.873. The number of hydrogen-bond donors (Lipinski definition) is 1. The maximum absolute atomic E-state index is 10.6. The van der Waals surface area contributed by atoms with Crippen molar-refractivity contribution in [3.05, 3.63) is 70.8 Å². The standard InChI is InChI=1S/C20H17BrN2O/c1-20(2,24)16-7-3-4-8-18(16)23-17-10-9-13(21)12-15(17)14-6-5-11-22-19(14)23/h3-12,24H,1-2H3. The number of halogens is 1. The topological polar surface area (TPSA) is 38.0 Å². The average molecular weight is 381 g/mol. The monoisotopic (exact) mass is 380 g/mol. The molecule has 2 aromatic carbocycles. The van der Waals surface area contributed by atoms with E-state index in [9.17, 15) is 5.11 Å². The summed E-state index contributed by atoms with van der Waals surface area (Å²) >= 11 is 3.56. The minimum atomic E-state index is -0.941. The maximum atomic E-state index is 10.6. The third kappa shape index (κ3) is 2.34. The number of aliphatic hydroxyl groups is 1. The van der Waals surface area contributed by atoms with Gasteiger partial charge in [-0.25, -0.2) is 4.98 Å². The first-order chi connectivity index (χ1) is 11.5. The Hall–Kier alpha value is -2.17. The number of para-hydroxylation sites is 1. The molecule has 0 aliphatic carbocycles. The van der Waals surface area contributed by atoms with E-state index in [1.54, 1.807) is 6.20 Å². The summed E-state index contributed by atoms with van der Waals surface area (Å²) in [7, 11) is 0. The van der Waals surface area contributed by atoms with Gasteiger partial charge in [-0.1, -0.05) is 34.1 Å². The van der Waals surface area contributed by atoms with E-state index < -0.39 is 5.60 Å². The molecule has 0 fully saturated rings. The lowest BCUT2D eigenvalue weighted by Gasteiger charge is -2.22. The normalized spacial score (nSPS) is 12.2. The third-order valence-corrected chi connectivity index (χ3v) is 4.79. The van der Waals surface area contributed by atoms with Gasteiger partial charge in [0.25, 0.3) is 0 Å². The second-order valence-electron chi connectivity index (χ2n) is 6.45. The Morgan fingerprint density at radius 2 is 1.79 bits per heavy atom. The van der Waals surface area contributed by atoms with Crippen molar-refractivity contribution in [1.29, 1.82) is 0 Å². The molecular formula is C20H17BrN2O. The fourth-order valence-corrected chi connectivity index (χ4v) is 3.61. The molecular weight excluding hydrogens is 364 g/mol. The first-order valence-corrected chi connectivity index (χ1v) is 8.63. The van der Waals surface area contributed by atoms with E-state index in [1.807, 2.05) is 50.2 Å². The molecule has 0 unspecified atom stereocenters. The van der Waals surface area contributed by atoms with Gasteiger partial charge in [0, 0.05) is 27.0 Å². The van der Waals surface area contributed by atoms with Gasteiger partial charge in [-0.3, -0.25) is 4.57 Å². The second-order valence-corrected chi connectivity index (χ2v) is 7.36. The van der Waals surface area contributed by atoms with Gasteiger partial charge in [-0.05, 0) is 50.2 Å². The molecule has 0 atom stereocenters. The van der Waals surface area contributed by atoms with E-state index in [0.29, 0.717) is 0 Å². The molecule has 0 radical (unpaired) electrons. The Kier molecular flexibility index (Phi) is 3.48. The van der Waals surface area contributed by atoms with Crippen molar-refractivity contribution in [2.75, 3.05) is 0 Å². The summed E-state index contributed by atoms with van der Waals surface area (Å²) < 4.78 is 3.17. The number of rotatable bonds is 2. The smallest absolute Gasteiger partial charge is 0.145 e. The summed E-state index contributed by atoms with van der Waals surface area (Å²) in [5.74, 6) is 0. The highest BCUT2D eigenvalue weighted by Gasteiger charge is 2.23. The van der Waals surface area contributed by atoms with Gasteiger partial charge in [0.2, 0.25) is 0 Å². The van der Waals surface area contributed by atoms with Crippen molar-refractivity contribution in [2.45, 2.75) is 19.4 Å². The molecule has 0 spiro atoms. The van der Waals surface area contributed by atoms with Gasteiger partial charge < -0.3 is 5.11 Å². The SMILES string of the molecule is CC(C)(O)c1ccccc1-n1c2ccc(Br)cc2c2cccnc21. The van der Waals surface area contributed by atoms with Crippen LogP contribution >= 0.6 is 15.9 Å². The van der Waals surface area contributed by atoms with Crippen LogP contribution in [0.25, 0.3) is 27.6 Å². The predicted molar refractivity (Wildman–Crippen MR) is 102 cm³/mol. The van der Waals surface area contributed by atoms with Crippen molar-refractivity contribution < 1.29 is 5.11 Å². The lowest BCUT2D eigenvalue weighted by molar-refractivity contribution is 0.0786. The molecule has 0 aliphatic heterocycles. The van der Waals surface area contributed by atoms with E-state index in [1.165, 1.54) is 0 Å². The van der Waals surface area contributed by atoms with Crippen LogP contribution in [-0.4, -0.2) is 14.7 Å². The highest BCUT2D eigenvalue weighted by Crippen LogP contribution is 2.35. The second kappa shape index (κ2) is 5.43. The fraction of sp³-hybridized carbons (Fsp3) is 0.150. The number of fused-ring (bicyclic) bond motifs is 3. The zero-order chi connectivity index (χ0) is 16.9. The average Bonchev–Trinajstić information content (AvgIpc) is 2.88. The molecule has 2 aromatic heterocycles. The quantitative estimate of drug-likeness (QED) is 0.520. The molecule has 0 amide bonds. The summed E-state index contributed by atoms with van der Waals surface area (Å²) in [6, 6.07) is 18.2. The summed E-state index contributed by atoms with van der Waals surface area (Å²) in [6.07, 6.45) is 1.81. The molecule has 4 heteroatoms. The van der Waals surface area contributed by atoms with Crippen molar-refractivity contribution in [3.8, 4) is 5.69 Å². The lowest BCUT2D eigenvalue weighted by atomic mass is 9.96. The van der Waals surface area contributed by atoms with E-state index >= 15 is 0 Å². The largest absolute Gasteiger partial charge is 0.386 e. The van der Waals surface area contributed by atoms with E-state index in [-0.39, 0.29) is 0 Å².